The molecule has 3 aromatic carbocycles. The smallest absolute Gasteiger partial charge is 0.416 e. The highest BCUT2D eigenvalue weighted by Gasteiger charge is 2.34. The van der Waals surface area contributed by atoms with Crippen LogP contribution in [0.4, 0.5) is 23.7 Å². The maximum atomic E-state index is 13.3. The van der Waals surface area contributed by atoms with Gasteiger partial charge >= 0.3 is 12.3 Å². The first-order chi connectivity index (χ1) is 17.3. The fourth-order valence-electron chi connectivity index (χ4n) is 4.36. The number of carbonyl (C=O) groups is 1. The van der Waals surface area contributed by atoms with Crippen LogP contribution in [0.1, 0.15) is 23.6 Å². The van der Waals surface area contributed by atoms with Gasteiger partial charge in [-0.15, -0.1) is 0 Å². The summed E-state index contributed by atoms with van der Waals surface area (Å²) in [6, 6.07) is 19.7. The zero-order chi connectivity index (χ0) is 25.3. The number of fused-ring (bicyclic) bond motifs is 2. The van der Waals surface area contributed by atoms with Gasteiger partial charge in [-0.05, 0) is 42.8 Å². The third-order valence-corrected chi connectivity index (χ3v) is 6.23. The number of aliphatic imine (C=N–C) groups is 1. The lowest BCUT2D eigenvalue weighted by atomic mass is 10.1. The topological polar surface area (TPSA) is 54.4 Å². The van der Waals surface area contributed by atoms with Crippen molar-refractivity contribution in [1.82, 2.24) is 9.80 Å². The van der Waals surface area contributed by atoms with E-state index < -0.39 is 11.7 Å². The number of ether oxygens (including phenoxy) is 2. The Kier molecular flexibility index (Phi) is 6.30. The zero-order valence-electron chi connectivity index (χ0n) is 19.5. The Hall–Kier alpha value is -4.01. The summed E-state index contributed by atoms with van der Waals surface area (Å²) >= 11 is 0. The van der Waals surface area contributed by atoms with Crippen molar-refractivity contribution in [2.75, 3.05) is 19.6 Å². The molecule has 1 amide bonds. The number of alkyl halides is 3. The summed E-state index contributed by atoms with van der Waals surface area (Å²) in [5.74, 6) is 1.06. The van der Waals surface area contributed by atoms with Crippen molar-refractivity contribution in [2.45, 2.75) is 25.7 Å². The molecule has 2 aliphatic rings. The molecule has 0 aliphatic carbocycles. The fourth-order valence-corrected chi connectivity index (χ4v) is 4.36. The van der Waals surface area contributed by atoms with Crippen LogP contribution in [0.15, 0.2) is 77.8 Å². The molecule has 3 aromatic rings. The van der Waals surface area contributed by atoms with Crippen LogP contribution in [-0.2, 0) is 17.5 Å². The Morgan fingerprint density at radius 1 is 1.03 bits per heavy atom. The highest BCUT2D eigenvalue weighted by Crippen LogP contribution is 2.42. The number of halogens is 3. The first kappa shape index (κ1) is 23.7. The minimum absolute atomic E-state index is 0.0449. The summed E-state index contributed by atoms with van der Waals surface area (Å²) in [4.78, 5) is 21.2. The number of hydrogen-bond acceptors (Lipinski definition) is 5. The summed E-state index contributed by atoms with van der Waals surface area (Å²) in [7, 11) is 0. The van der Waals surface area contributed by atoms with E-state index in [0.717, 1.165) is 17.7 Å². The number of hydrogen-bond donors (Lipinski definition) is 0. The Morgan fingerprint density at radius 3 is 2.53 bits per heavy atom. The van der Waals surface area contributed by atoms with Gasteiger partial charge in [0.1, 0.15) is 23.9 Å². The van der Waals surface area contributed by atoms with E-state index in [1.54, 1.807) is 17.0 Å². The van der Waals surface area contributed by atoms with Crippen molar-refractivity contribution < 1.29 is 27.4 Å². The van der Waals surface area contributed by atoms with Gasteiger partial charge in [0, 0.05) is 25.7 Å². The predicted molar refractivity (Wildman–Crippen MR) is 129 cm³/mol. The van der Waals surface area contributed by atoms with Gasteiger partial charge in [-0.3, -0.25) is 0 Å². The normalized spacial score (nSPS) is 17.3. The maximum Gasteiger partial charge on any atom is 0.416 e. The van der Waals surface area contributed by atoms with E-state index >= 15 is 0 Å². The minimum atomic E-state index is -4.49. The van der Waals surface area contributed by atoms with Gasteiger partial charge in [0.25, 0.3) is 0 Å². The molecule has 0 bridgehead atoms. The van der Waals surface area contributed by atoms with Crippen molar-refractivity contribution in [3.63, 3.8) is 0 Å². The van der Waals surface area contributed by atoms with Crippen molar-refractivity contribution in [2.24, 2.45) is 4.99 Å². The van der Waals surface area contributed by atoms with Crippen LogP contribution in [0.25, 0.3) is 0 Å². The molecular weight excluding hydrogens is 471 g/mol. The first-order valence-corrected chi connectivity index (χ1v) is 11.6. The molecule has 0 saturated carbocycles. The number of para-hydroxylation sites is 1. The maximum absolute atomic E-state index is 13.3. The third-order valence-electron chi connectivity index (χ3n) is 6.23. The zero-order valence-corrected chi connectivity index (χ0v) is 19.5. The number of carbonyl (C=O) groups excluding carboxylic acids is 1. The number of nitrogens with zero attached hydrogens (tertiary/aromatic N) is 3. The van der Waals surface area contributed by atoms with E-state index in [2.05, 4.69) is 0 Å². The van der Waals surface area contributed by atoms with Crippen molar-refractivity contribution in [3.8, 4) is 11.5 Å². The minimum Gasteiger partial charge on any atom is -0.454 e. The Morgan fingerprint density at radius 2 is 1.78 bits per heavy atom. The van der Waals surface area contributed by atoms with Crippen LogP contribution in [0.5, 0.6) is 11.5 Å². The molecule has 0 radical (unpaired) electrons. The van der Waals surface area contributed by atoms with Gasteiger partial charge in [0.05, 0.1) is 11.1 Å². The molecule has 1 saturated heterocycles. The van der Waals surface area contributed by atoms with E-state index in [9.17, 15) is 18.0 Å². The van der Waals surface area contributed by atoms with Gasteiger partial charge < -0.3 is 19.3 Å². The Labute approximate surface area is 206 Å². The fraction of sp³-hybridized carbons (Fsp3) is 0.259. The average molecular weight is 496 g/mol. The van der Waals surface area contributed by atoms with E-state index in [1.807, 2.05) is 54.3 Å². The molecule has 0 aromatic heterocycles. The summed E-state index contributed by atoms with van der Waals surface area (Å²) in [5, 5.41) is 0. The number of amides is 1. The van der Waals surface area contributed by atoms with Crippen molar-refractivity contribution in [1.29, 1.82) is 0 Å². The standard InChI is InChI=1S/C27H24F3N3O3/c1-18-16-32(13-14-33(18)26(34)35-17-19-7-3-2-4-8-19)25-21-9-5-6-10-23(21)36-24-15-20(27(28,29)30)11-12-22(24)31-25/h2-12,15,18H,13-14,16-17H2,1H3. The quantitative estimate of drug-likeness (QED) is 0.423. The Balaban J connectivity index is 1.37. The van der Waals surface area contributed by atoms with E-state index in [1.165, 1.54) is 6.07 Å². The van der Waals surface area contributed by atoms with Crippen molar-refractivity contribution in [3.05, 3.63) is 89.5 Å². The molecular formula is C27H24F3N3O3. The molecule has 1 atom stereocenters. The summed E-state index contributed by atoms with van der Waals surface area (Å²) in [6.45, 7) is 3.49. The molecule has 9 heteroatoms. The van der Waals surface area contributed by atoms with Gasteiger partial charge in [-0.2, -0.15) is 13.2 Å². The molecule has 2 heterocycles. The van der Waals surface area contributed by atoms with E-state index in [0.29, 0.717) is 42.5 Å². The number of benzene rings is 3. The lowest BCUT2D eigenvalue weighted by molar-refractivity contribution is -0.137. The first-order valence-electron chi connectivity index (χ1n) is 11.6. The van der Waals surface area contributed by atoms with Crippen LogP contribution < -0.4 is 4.74 Å². The van der Waals surface area contributed by atoms with Crippen LogP contribution in [-0.4, -0.2) is 47.4 Å². The Bertz CT molecular complexity index is 1290. The van der Waals surface area contributed by atoms with Crippen LogP contribution in [0.2, 0.25) is 0 Å². The van der Waals surface area contributed by atoms with Crippen molar-refractivity contribution >= 4 is 17.6 Å². The predicted octanol–water partition coefficient (Wildman–Crippen LogP) is 6.23. The molecule has 186 valence electrons. The van der Waals surface area contributed by atoms with Crippen LogP contribution in [0.3, 0.4) is 0 Å². The van der Waals surface area contributed by atoms with Gasteiger partial charge in [0.15, 0.2) is 5.75 Å². The third kappa shape index (κ3) is 4.86. The average Bonchev–Trinajstić information content (AvgIpc) is 3.03. The number of piperazine rings is 1. The summed E-state index contributed by atoms with van der Waals surface area (Å²) in [6.07, 6.45) is -4.87. The summed E-state index contributed by atoms with van der Waals surface area (Å²) < 4.78 is 51.2. The second kappa shape index (κ2) is 9.56. The highest BCUT2D eigenvalue weighted by molar-refractivity contribution is 6.03. The van der Waals surface area contributed by atoms with Crippen LogP contribution >= 0.6 is 0 Å². The molecule has 6 nitrogen and oxygen atoms in total. The van der Waals surface area contributed by atoms with Gasteiger partial charge in [0.2, 0.25) is 0 Å². The second-order valence-electron chi connectivity index (χ2n) is 8.74. The molecule has 1 unspecified atom stereocenters. The van der Waals surface area contributed by atoms with E-state index in [-0.39, 0.29) is 24.5 Å². The molecule has 1 fully saturated rings. The van der Waals surface area contributed by atoms with Gasteiger partial charge in [-0.1, -0.05) is 42.5 Å². The SMILES string of the molecule is CC1CN(C2=Nc3ccc(C(F)(F)F)cc3Oc3ccccc32)CCN1C(=O)OCc1ccccc1. The second-order valence-corrected chi connectivity index (χ2v) is 8.74. The summed E-state index contributed by atoms with van der Waals surface area (Å²) in [5.41, 5.74) is 1.10. The largest absolute Gasteiger partial charge is 0.454 e. The number of amidine groups is 1. The number of rotatable bonds is 2. The van der Waals surface area contributed by atoms with Crippen LogP contribution in [0, 0.1) is 0 Å². The van der Waals surface area contributed by atoms with Gasteiger partial charge in [-0.25, -0.2) is 9.79 Å². The molecule has 2 aliphatic heterocycles. The molecule has 0 spiro atoms. The highest BCUT2D eigenvalue weighted by atomic mass is 19.4. The lowest BCUT2D eigenvalue weighted by Crippen LogP contribution is -2.55. The monoisotopic (exact) mass is 495 g/mol. The molecule has 36 heavy (non-hydrogen) atoms. The van der Waals surface area contributed by atoms with E-state index in [4.69, 9.17) is 14.5 Å². The molecule has 5 rings (SSSR count). The lowest BCUT2D eigenvalue weighted by Gasteiger charge is -2.40. The molecule has 0 N–H and O–H groups in total.